The second-order valence-corrected chi connectivity index (χ2v) is 8.06. The first kappa shape index (κ1) is 19.3. The van der Waals surface area contributed by atoms with Gasteiger partial charge in [0, 0.05) is 6.04 Å². The highest BCUT2D eigenvalue weighted by atomic mass is 32.2. The molecule has 0 radical (unpaired) electrons. The van der Waals surface area contributed by atoms with Crippen LogP contribution in [-0.4, -0.2) is 40.2 Å². The van der Waals surface area contributed by atoms with Gasteiger partial charge in [-0.25, -0.2) is 0 Å². The third-order valence-electron chi connectivity index (χ3n) is 3.58. The average Bonchev–Trinajstić information content (AvgIpc) is 2.91. The van der Waals surface area contributed by atoms with Crippen molar-refractivity contribution >= 4 is 29.0 Å². The Kier molecular flexibility index (Phi) is 6.73. The lowest BCUT2D eigenvalue weighted by molar-refractivity contribution is -0.189. The normalized spacial score (nSPS) is 21.8. The Morgan fingerprint density at radius 3 is 2.75 bits per heavy atom. The first-order chi connectivity index (χ1) is 11.3. The number of rotatable bonds is 6. The lowest BCUT2D eigenvalue weighted by Gasteiger charge is -2.33. The van der Waals surface area contributed by atoms with Crippen molar-refractivity contribution in [2.75, 3.05) is 5.75 Å². The molecule has 0 spiro atoms. The lowest BCUT2D eigenvalue weighted by atomic mass is 9.84. The van der Waals surface area contributed by atoms with Crippen molar-refractivity contribution in [1.29, 1.82) is 0 Å². The Balaban J connectivity index is 1.83. The summed E-state index contributed by atoms with van der Waals surface area (Å²) in [6, 6.07) is -0.832. The van der Waals surface area contributed by atoms with Crippen LogP contribution >= 0.6 is 23.1 Å². The molecule has 2 atom stereocenters. The number of alkyl halides is 3. The molecular formula is C14H20F3N3O2S2. The van der Waals surface area contributed by atoms with Gasteiger partial charge in [0.05, 0.1) is 17.8 Å². The Labute approximate surface area is 146 Å². The van der Waals surface area contributed by atoms with Crippen molar-refractivity contribution in [3.63, 3.8) is 0 Å². The van der Waals surface area contributed by atoms with Crippen molar-refractivity contribution in [1.82, 2.24) is 15.5 Å². The molecule has 0 aromatic carbocycles. The molecule has 1 heterocycles. The molecule has 0 bridgehead atoms. The number of nitrogens with zero attached hydrogens (tertiary/aromatic N) is 2. The van der Waals surface area contributed by atoms with Crippen LogP contribution in [0.1, 0.15) is 39.5 Å². The molecule has 0 saturated heterocycles. The molecule has 24 heavy (non-hydrogen) atoms. The topological polar surface area (TPSA) is 64.1 Å². The molecular weight excluding hydrogens is 363 g/mol. The van der Waals surface area contributed by atoms with Crippen molar-refractivity contribution in [3.8, 4) is 5.19 Å². The maximum Gasteiger partial charge on any atom is 0.393 e. The summed E-state index contributed by atoms with van der Waals surface area (Å²) < 4.78 is 45.0. The molecule has 1 aliphatic carbocycles. The Bertz CT molecular complexity index is 552. The minimum atomic E-state index is -4.27. The maximum atomic E-state index is 13.0. The molecule has 10 heteroatoms. The van der Waals surface area contributed by atoms with Crippen molar-refractivity contribution in [2.24, 2.45) is 5.92 Å². The van der Waals surface area contributed by atoms with Crippen LogP contribution in [0.2, 0.25) is 0 Å². The molecule has 0 aliphatic heterocycles. The molecule has 2 rings (SSSR count). The number of aromatic nitrogens is 2. The molecule has 1 aliphatic rings. The Hall–Kier alpha value is -1.03. The van der Waals surface area contributed by atoms with E-state index in [1.165, 1.54) is 11.3 Å². The van der Waals surface area contributed by atoms with Crippen LogP contribution in [0.15, 0.2) is 4.34 Å². The van der Waals surface area contributed by atoms with E-state index in [1.807, 2.05) is 13.8 Å². The number of thioether (sulfide) groups is 1. The zero-order valence-corrected chi connectivity index (χ0v) is 15.1. The maximum absolute atomic E-state index is 13.0. The van der Waals surface area contributed by atoms with E-state index < -0.39 is 24.0 Å². The predicted molar refractivity (Wildman–Crippen MR) is 86.3 cm³/mol. The van der Waals surface area contributed by atoms with E-state index in [2.05, 4.69) is 15.5 Å². The quantitative estimate of drug-likeness (QED) is 0.760. The van der Waals surface area contributed by atoms with Crippen LogP contribution in [0, 0.1) is 5.92 Å². The second-order valence-electron chi connectivity index (χ2n) is 5.90. The smallest absolute Gasteiger partial charge is 0.393 e. The standard InChI is InChI=1S/C14H20F3N3O2S2/c1-8(2)22-12-19-20-13(24-12)23-7-11(21)18-10-6-4-3-5-9(10)14(15,16)17/h8-10H,3-7H2,1-2H3,(H,18,21)/t9-,10+/m0/s1. The summed E-state index contributed by atoms with van der Waals surface area (Å²) in [6.07, 6.45) is -2.59. The number of nitrogens with one attached hydrogen (secondary N) is 1. The van der Waals surface area contributed by atoms with Crippen LogP contribution in [0.3, 0.4) is 0 Å². The van der Waals surface area contributed by atoms with Gasteiger partial charge in [-0.05, 0) is 38.0 Å². The van der Waals surface area contributed by atoms with E-state index >= 15 is 0 Å². The summed E-state index contributed by atoms with van der Waals surface area (Å²) in [5, 5.41) is 10.7. The van der Waals surface area contributed by atoms with Gasteiger partial charge in [0.1, 0.15) is 0 Å². The third-order valence-corrected chi connectivity index (χ3v) is 5.53. The van der Waals surface area contributed by atoms with Crippen LogP contribution in [-0.2, 0) is 4.79 Å². The SMILES string of the molecule is CC(C)Oc1nnc(SCC(=O)N[C@@H]2CCCC[C@@H]2C(F)(F)F)s1. The number of carbonyl (C=O) groups is 1. The molecule has 5 nitrogen and oxygen atoms in total. The fourth-order valence-electron chi connectivity index (χ4n) is 2.58. The van der Waals surface area contributed by atoms with Gasteiger partial charge < -0.3 is 10.1 Å². The van der Waals surface area contributed by atoms with Gasteiger partial charge in [0.25, 0.3) is 5.19 Å². The van der Waals surface area contributed by atoms with E-state index in [9.17, 15) is 18.0 Å². The van der Waals surface area contributed by atoms with E-state index in [-0.39, 0.29) is 18.3 Å². The van der Waals surface area contributed by atoms with E-state index in [0.29, 0.717) is 28.8 Å². The predicted octanol–water partition coefficient (Wildman–Crippen LogP) is 3.65. The molecule has 1 aromatic heterocycles. The first-order valence-electron chi connectivity index (χ1n) is 7.74. The number of carbonyl (C=O) groups excluding carboxylic acids is 1. The zero-order valence-electron chi connectivity index (χ0n) is 13.4. The molecule has 136 valence electrons. The van der Waals surface area contributed by atoms with Gasteiger partial charge in [-0.2, -0.15) is 13.2 Å². The van der Waals surface area contributed by atoms with Gasteiger partial charge in [0.15, 0.2) is 4.34 Å². The van der Waals surface area contributed by atoms with Gasteiger partial charge in [-0.1, -0.05) is 29.7 Å². The molecule has 0 unspecified atom stereocenters. The summed E-state index contributed by atoms with van der Waals surface area (Å²) in [6.45, 7) is 3.73. The molecule has 1 fully saturated rings. The Morgan fingerprint density at radius 1 is 1.38 bits per heavy atom. The number of amides is 1. The molecule has 1 amide bonds. The highest BCUT2D eigenvalue weighted by Gasteiger charge is 2.45. The summed E-state index contributed by atoms with van der Waals surface area (Å²) in [7, 11) is 0. The molecule has 1 N–H and O–H groups in total. The summed E-state index contributed by atoms with van der Waals surface area (Å²) >= 11 is 2.36. The average molecular weight is 383 g/mol. The van der Waals surface area contributed by atoms with E-state index in [4.69, 9.17) is 4.74 Å². The number of ether oxygens (including phenoxy) is 1. The van der Waals surface area contributed by atoms with Crippen LogP contribution < -0.4 is 10.1 Å². The van der Waals surface area contributed by atoms with Gasteiger partial charge >= 0.3 is 6.18 Å². The van der Waals surface area contributed by atoms with Crippen molar-refractivity contribution < 1.29 is 22.7 Å². The number of hydrogen-bond donors (Lipinski definition) is 1. The number of hydrogen-bond acceptors (Lipinski definition) is 6. The van der Waals surface area contributed by atoms with Crippen LogP contribution in [0.4, 0.5) is 13.2 Å². The molecule has 1 saturated carbocycles. The minimum Gasteiger partial charge on any atom is -0.466 e. The van der Waals surface area contributed by atoms with Crippen molar-refractivity contribution in [2.45, 2.75) is 62.2 Å². The van der Waals surface area contributed by atoms with Gasteiger partial charge in [-0.15, -0.1) is 5.10 Å². The Morgan fingerprint density at radius 2 is 2.08 bits per heavy atom. The van der Waals surface area contributed by atoms with E-state index in [1.54, 1.807) is 0 Å². The largest absolute Gasteiger partial charge is 0.466 e. The molecule has 1 aromatic rings. The number of halogens is 3. The highest BCUT2D eigenvalue weighted by Crippen LogP contribution is 2.37. The fourth-order valence-corrected chi connectivity index (χ4v) is 4.19. The van der Waals surface area contributed by atoms with Gasteiger partial charge in [0.2, 0.25) is 5.91 Å². The lowest BCUT2D eigenvalue weighted by Crippen LogP contribution is -2.48. The summed E-state index contributed by atoms with van der Waals surface area (Å²) in [4.78, 5) is 12.0. The van der Waals surface area contributed by atoms with E-state index in [0.717, 1.165) is 11.8 Å². The van der Waals surface area contributed by atoms with Crippen LogP contribution in [0.25, 0.3) is 0 Å². The van der Waals surface area contributed by atoms with Gasteiger partial charge in [-0.3, -0.25) is 4.79 Å². The summed E-state index contributed by atoms with van der Waals surface area (Å²) in [5.74, 6) is -1.85. The second kappa shape index (κ2) is 8.37. The van der Waals surface area contributed by atoms with Crippen LogP contribution in [0.5, 0.6) is 5.19 Å². The fraction of sp³-hybridized carbons (Fsp3) is 0.786. The zero-order chi connectivity index (χ0) is 17.7. The third kappa shape index (κ3) is 5.80. The highest BCUT2D eigenvalue weighted by molar-refractivity contribution is 8.01. The monoisotopic (exact) mass is 383 g/mol. The van der Waals surface area contributed by atoms with Crippen molar-refractivity contribution in [3.05, 3.63) is 0 Å². The summed E-state index contributed by atoms with van der Waals surface area (Å²) in [5.41, 5.74) is 0. The first-order valence-corrected chi connectivity index (χ1v) is 9.55. The minimum absolute atomic E-state index is 0.0113.